The average molecular weight is 338 g/mol. The summed E-state index contributed by atoms with van der Waals surface area (Å²) in [6, 6.07) is 7.93. The highest BCUT2D eigenvalue weighted by atomic mass is 32.2. The summed E-state index contributed by atoms with van der Waals surface area (Å²) in [4.78, 5) is 12.1. The van der Waals surface area contributed by atoms with Crippen LogP contribution in [0.5, 0.6) is 0 Å². The van der Waals surface area contributed by atoms with E-state index in [9.17, 15) is 20.1 Å². The average Bonchev–Trinajstić information content (AvgIpc) is 2.54. The van der Waals surface area contributed by atoms with Crippen LogP contribution in [0.25, 0.3) is 0 Å². The van der Waals surface area contributed by atoms with Crippen LogP contribution in [-0.4, -0.2) is 57.6 Å². The molecule has 1 aromatic carbocycles. The first-order chi connectivity index (χ1) is 11.0. The number of aliphatic hydroxyl groups is 3. The molecule has 0 aromatic heterocycles. The van der Waals surface area contributed by atoms with Crippen LogP contribution in [0, 0.1) is 11.3 Å². The Bertz CT molecular complexity index is 589. The fourth-order valence-corrected chi connectivity index (χ4v) is 3.45. The van der Waals surface area contributed by atoms with Gasteiger partial charge in [-0.1, -0.05) is 11.8 Å². The zero-order valence-electron chi connectivity index (χ0n) is 12.4. The Morgan fingerprint density at radius 2 is 2.00 bits per heavy atom. The van der Waals surface area contributed by atoms with Crippen molar-refractivity contribution >= 4 is 17.7 Å². The van der Waals surface area contributed by atoms with Crippen LogP contribution in [0.3, 0.4) is 0 Å². The van der Waals surface area contributed by atoms with Crippen molar-refractivity contribution in [2.24, 2.45) is 0 Å². The normalized spacial score (nSPS) is 30.5. The Labute approximate surface area is 137 Å². The van der Waals surface area contributed by atoms with E-state index in [0.29, 0.717) is 5.56 Å². The molecule has 1 fully saturated rings. The summed E-state index contributed by atoms with van der Waals surface area (Å²) >= 11 is 1.23. The van der Waals surface area contributed by atoms with Crippen LogP contribution in [0.4, 0.5) is 0 Å². The second kappa shape index (κ2) is 7.77. The molecule has 1 aliphatic rings. The zero-order valence-corrected chi connectivity index (χ0v) is 13.2. The molecule has 7 nitrogen and oxygen atoms in total. The van der Waals surface area contributed by atoms with Crippen LogP contribution in [0.2, 0.25) is 0 Å². The first kappa shape index (κ1) is 17.7. The molecule has 0 bridgehead atoms. The predicted molar refractivity (Wildman–Crippen MR) is 82.4 cm³/mol. The van der Waals surface area contributed by atoms with Gasteiger partial charge in [0.05, 0.1) is 24.3 Å². The summed E-state index contributed by atoms with van der Waals surface area (Å²) in [7, 11) is 0. The molecule has 0 aliphatic carbocycles. The molecular formula is C15H18N2O5S. The van der Waals surface area contributed by atoms with E-state index in [4.69, 9.17) is 10.00 Å². The summed E-state index contributed by atoms with van der Waals surface area (Å²) < 4.78 is 5.62. The number of rotatable bonds is 4. The molecule has 124 valence electrons. The van der Waals surface area contributed by atoms with Gasteiger partial charge in [0.1, 0.15) is 23.7 Å². The SMILES string of the molecule is CC(=O)N[C@@H]1C(Sc2ccc(C#N)cc2)OC(CO)C(O)C1O. The molecule has 0 saturated carbocycles. The van der Waals surface area contributed by atoms with Gasteiger partial charge < -0.3 is 25.4 Å². The molecule has 0 spiro atoms. The highest BCUT2D eigenvalue weighted by Gasteiger charge is 2.45. The third-order valence-electron chi connectivity index (χ3n) is 3.49. The van der Waals surface area contributed by atoms with Crippen LogP contribution in [-0.2, 0) is 9.53 Å². The lowest BCUT2D eigenvalue weighted by atomic mass is 9.98. The Morgan fingerprint density at radius 1 is 1.35 bits per heavy atom. The van der Waals surface area contributed by atoms with Crippen molar-refractivity contribution in [2.75, 3.05) is 6.61 Å². The topological polar surface area (TPSA) is 123 Å². The quantitative estimate of drug-likeness (QED) is 0.589. The fourth-order valence-electron chi connectivity index (χ4n) is 2.31. The molecule has 4 unspecified atom stereocenters. The Balaban J connectivity index is 2.19. The van der Waals surface area contributed by atoms with Crippen molar-refractivity contribution in [3.05, 3.63) is 29.8 Å². The number of nitriles is 1. The molecule has 23 heavy (non-hydrogen) atoms. The van der Waals surface area contributed by atoms with Crippen LogP contribution in [0.15, 0.2) is 29.2 Å². The van der Waals surface area contributed by atoms with Crippen molar-refractivity contribution in [1.82, 2.24) is 5.32 Å². The van der Waals surface area contributed by atoms with Gasteiger partial charge in [-0.3, -0.25) is 4.79 Å². The van der Waals surface area contributed by atoms with E-state index < -0.39 is 36.4 Å². The minimum atomic E-state index is -1.30. The minimum Gasteiger partial charge on any atom is -0.394 e. The number of thioether (sulfide) groups is 1. The monoisotopic (exact) mass is 338 g/mol. The van der Waals surface area contributed by atoms with Crippen LogP contribution in [0.1, 0.15) is 12.5 Å². The van der Waals surface area contributed by atoms with E-state index in [0.717, 1.165) is 4.90 Å². The van der Waals surface area contributed by atoms with E-state index in [1.807, 2.05) is 6.07 Å². The number of amides is 1. The van der Waals surface area contributed by atoms with Gasteiger partial charge in [-0.2, -0.15) is 5.26 Å². The number of ether oxygens (including phenoxy) is 1. The van der Waals surface area contributed by atoms with Gasteiger partial charge in [0.25, 0.3) is 0 Å². The van der Waals surface area contributed by atoms with Crippen molar-refractivity contribution < 1.29 is 24.9 Å². The standard InChI is InChI=1S/C15H18N2O5S/c1-8(19)17-12-14(21)13(20)11(7-18)22-15(12)23-10-4-2-9(6-16)3-5-10/h2-5,11-15,18,20-21H,7H2,1H3,(H,17,19)/t11?,12-,13?,14?,15?/m0/s1. The van der Waals surface area contributed by atoms with Crippen LogP contribution >= 0.6 is 11.8 Å². The van der Waals surface area contributed by atoms with E-state index in [-0.39, 0.29) is 5.91 Å². The van der Waals surface area contributed by atoms with Gasteiger partial charge >= 0.3 is 0 Å². The molecule has 8 heteroatoms. The zero-order chi connectivity index (χ0) is 17.0. The Kier molecular flexibility index (Phi) is 5.98. The maximum atomic E-state index is 11.3. The molecule has 4 N–H and O–H groups in total. The van der Waals surface area contributed by atoms with Crippen LogP contribution < -0.4 is 5.32 Å². The number of aliphatic hydroxyl groups excluding tert-OH is 3. The molecule has 1 aliphatic heterocycles. The number of hydrogen-bond acceptors (Lipinski definition) is 7. The largest absolute Gasteiger partial charge is 0.394 e. The van der Waals surface area contributed by atoms with E-state index in [1.54, 1.807) is 24.3 Å². The predicted octanol–water partition coefficient (Wildman–Crippen LogP) is -0.406. The summed E-state index contributed by atoms with van der Waals surface area (Å²) in [5, 5.41) is 40.8. The van der Waals surface area contributed by atoms with Gasteiger partial charge in [-0.15, -0.1) is 0 Å². The van der Waals surface area contributed by atoms with Gasteiger partial charge in [-0.05, 0) is 24.3 Å². The highest BCUT2D eigenvalue weighted by Crippen LogP contribution is 2.33. The van der Waals surface area contributed by atoms with Crippen molar-refractivity contribution in [3.63, 3.8) is 0 Å². The summed E-state index contributed by atoms with van der Waals surface area (Å²) in [5.41, 5.74) is -0.177. The lowest BCUT2D eigenvalue weighted by molar-refractivity contribution is -0.173. The number of carbonyl (C=O) groups excluding carboxylic acids is 1. The summed E-state index contributed by atoms with van der Waals surface area (Å²) in [6.45, 7) is 0.857. The minimum absolute atomic E-state index is 0.363. The second-order valence-corrected chi connectivity index (χ2v) is 6.36. The molecule has 2 rings (SSSR count). The number of carbonyl (C=O) groups is 1. The lowest BCUT2D eigenvalue weighted by Gasteiger charge is -2.42. The number of benzene rings is 1. The second-order valence-electron chi connectivity index (χ2n) is 5.19. The Hall–Kier alpha value is -1.63. The lowest BCUT2D eigenvalue weighted by Crippen LogP contribution is -2.63. The first-order valence-corrected chi connectivity index (χ1v) is 7.90. The molecule has 5 atom stereocenters. The van der Waals surface area contributed by atoms with Gasteiger partial charge in [0.15, 0.2) is 0 Å². The molecule has 1 saturated heterocycles. The summed E-state index contributed by atoms with van der Waals surface area (Å²) in [5.74, 6) is -0.363. The Morgan fingerprint density at radius 3 is 2.52 bits per heavy atom. The number of nitrogens with one attached hydrogen (secondary N) is 1. The third-order valence-corrected chi connectivity index (χ3v) is 4.67. The molecule has 1 amide bonds. The van der Waals surface area contributed by atoms with Gasteiger partial charge in [0, 0.05) is 11.8 Å². The fraction of sp³-hybridized carbons (Fsp3) is 0.467. The molecular weight excluding hydrogens is 320 g/mol. The maximum Gasteiger partial charge on any atom is 0.217 e. The smallest absolute Gasteiger partial charge is 0.217 e. The van der Waals surface area contributed by atoms with Crippen molar-refractivity contribution in [2.45, 2.75) is 41.6 Å². The van der Waals surface area contributed by atoms with Crippen molar-refractivity contribution in [3.8, 4) is 6.07 Å². The molecule has 1 aromatic rings. The number of nitrogens with zero attached hydrogens (tertiary/aromatic N) is 1. The molecule has 0 radical (unpaired) electrons. The summed E-state index contributed by atoms with van der Waals surface area (Å²) in [6.07, 6.45) is -3.50. The van der Waals surface area contributed by atoms with Crippen molar-refractivity contribution in [1.29, 1.82) is 5.26 Å². The van der Waals surface area contributed by atoms with E-state index >= 15 is 0 Å². The van der Waals surface area contributed by atoms with E-state index in [2.05, 4.69) is 5.32 Å². The maximum absolute atomic E-state index is 11.3. The third kappa shape index (κ3) is 4.22. The highest BCUT2D eigenvalue weighted by molar-refractivity contribution is 7.99. The van der Waals surface area contributed by atoms with Gasteiger partial charge in [-0.25, -0.2) is 0 Å². The molecule has 1 heterocycles. The van der Waals surface area contributed by atoms with E-state index in [1.165, 1.54) is 18.7 Å². The first-order valence-electron chi connectivity index (χ1n) is 7.02. The number of hydrogen-bond donors (Lipinski definition) is 4. The van der Waals surface area contributed by atoms with Gasteiger partial charge in [0.2, 0.25) is 5.91 Å².